The van der Waals surface area contributed by atoms with E-state index in [0.717, 1.165) is 25.0 Å². The Bertz CT molecular complexity index is 667. The number of hydrogen-bond donors (Lipinski definition) is 0. The third-order valence-corrected chi connectivity index (χ3v) is 5.15. The molecule has 2 amide bonds. The Hall–Kier alpha value is -1.81. The zero-order chi connectivity index (χ0) is 19.6. The summed E-state index contributed by atoms with van der Waals surface area (Å²) in [6.07, 6.45) is 9.34. The van der Waals surface area contributed by atoms with Crippen LogP contribution in [0.2, 0.25) is 0 Å². The lowest BCUT2D eigenvalue weighted by molar-refractivity contribution is -0.136. The number of hydrogen-bond acceptors (Lipinski definition) is 3. The first-order valence-electron chi connectivity index (χ1n) is 10.1. The maximum absolute atomic E-state index is 12.7. The third kappa shape index (κ3) is 5.83. The summed E-state index contributed by atoms with van der Waals surface area (Å²) in [6.45, 7) is 5.14. The number of unbranched alkanes of at least 4 members (excludes halogenated alkanes) is 7. The van der Waals surface area contributed by atoms with Crippen LogP contribution in [-0.4, -0.2) is 29.9 Å². The quantitative estimate of drug-likeness (QED) is 0.347. The van der Waals surface area contributed by atoms with Crippen LogP contribution in [0.25, 0.3) is 5.57 Å². The van der Waals surface area contributed by atoms with Gasteiger partial charge in [0.15, 0.2) is 0 Å². The highest BCUT2D eigenvalue weighted by Crippen LogP contribution is 2.32. The summed E-state index contributed by atoms with van der Waals surface area (Å²) in [6, 6.07) is 7.12. The van der Waals surface area contributed by atoms with Gasteiger partial charge in [0, 0.05) is 6.54 Å². The van der Waals surface area contributed by atoms with E-state index in [9.17, 15) is 9.59 Å². The van der Waals surface area contributed by atoms with Crippen molar-refractivity contribution in [3.05, 3.63) is 34.9 Å². The highest BCUT2D eigenvalue weighted by molar-refractivity contribution is 6.55. The van der Waals surface area contributed by atoms with Gasteiger partial charge in [0.2, 0.25) is 0 Å². The number of benzene rings is 1. The molecule has 0 aromatic heterocycles. The second kappa shape index (κ2) is 11.1. The van der Waals surface area contributed by atoms with Gasteiger partial charge in [0.25, 0.3) is 11.8 Å². The Morgan fingerprint density at radius 1 is 0.852 bits per heavy atom. The molecule has 1 aliphatic heterocycles. The SMILES string of the molecule is CCCCCCCCCCN1C(=O)C(Cl)=C(c2ccc(OCC)cc2)C1=O. The minimum atomic E-state index is -0.381. The monoisotopic (exact) mass is 391 g/mol. The number of ether oxygens (including phenoxy) is 1. The predicted molar refractivity (Wildman–Crippen MR) is 110 cm³/mol. The van der Waals surface area contributed by atoms with Crippen molar-refractivity contribution in [1.82, 2.24) is 4.90 Å². The van der Waals surface area contributed by atoms with Crippen molar-refractivity contribution >= 4 is 29.0 Å². The van der Waals surface area contributed by atoms with E-state index in [-0.39, 0.29) is 16.8 Å². The highest BCUT2D eigenvalue weighted by atomic mass is 35.5. The molecule has 4 nitrogen and oxygen atoms in total. The molecule has 5 heteroatoms. The average molecular weight is 392 g/mol. The molecule has 27 heavy (non-hydrogen) atoms. The molecule has 0 bridgehead atoms. The van der Waals surface area contributed by atoms with Crippen LogP contribution in [0, 0.1) is 0 Å². The van der Waals surface area contributed by atoms with Crippen LogP contribution in [0.5, 0.6) is 5.75 Å². The maximum atomic E-state index is 12.7. The molecule has 0 saturated heterocycles. The fourth-order valence-electron chi connectivity index (χ4n) is 3.29. The first-order chi connectivity index (χ1) is 13.1. The predicted octanol–water partition coefficient (Wildman–Crippen LogP) is 5.54. The van der Waals surface area contributed by atoms with Crippen molar-refractivity contribution < 1.29 is 14.3 Å². The second-order valence-electron chi connectivity index (χ2n) is 6.88. The van der Waals surface area contributed by atoms with Crippen LogP contribution in [0.3, 0.4) is 0 Å². The molecule has 1 aromatic carbocycles. The Labute approximate surface area is 167 Å². The highest BCUT2D eigenvalue weighted by Gasteiger charge is 2.37. The number of carbonyl (C=O) groups excluding carboxylic acids is 2. The summed E-state index contributed by atoms with van der Waals surface area (Å²) >= 11 is 6.20. The van der Waals surface area contributed by atoms with Crippen LogP contribution in [0.1, 0.15) is 70.8 Å². The normalized spacial score (nSPS) is 14.4. The summed E-state index contributed by atoms with van der Waals surface area (Å²) in [5.74, 6) is 0.0520. The Kier molecular flexibility index (Phi) is 8.86. The first kappa shape index (κ1) is 21.5. The van der Waals surface area contributed by atoms with Crippen molar-refractivity contribution in [3.63, 3.8) is 0 Å². The van der Waals surface area contributed by atoms with Crippen LogP contribution in [0.15, 0.2) is 29.3 Å². The zero-order valence-electron chi connectivity index (χ0n) is 16.4. The van der Waals surface area contributed by atoms with Gasteiger partial charge in [-0.25, -0.2) is 0 Å². The van der Waals surface area contributed by atoms with E-state index in [4.69, 9.17) is 16.3 Å². The Morgan fingerprint density at radius 3 is 2.04 bits per heavy atom. The molecule has 0 saturated carbocycles. The summed E-state index contributed by atoms with van der Waals surface area (Å²) in [5, 5.41) is 0.0173. The minimum Gasteiger partial charge on any atom is -0.494 e. The second-order valence-corrected chi connectivity index (χ2v) is 7.26. The first-order valence-corrected chi connectivity index (χ1v) is 10.5. The molecule has 2 rings (SSSR count). The average Bonchev–Trinajstić information content (AvgIpc) is 2.88. The molecule has 1 aromatic rings. The van der Waals surface area contributed by atoms with E-state index in [2.05, 4.69) is 6.92 Å². The minimum absolute atomic E-state index is 0.0173. The fourth-order valence-corrected chi connectivity index (χ4v) is 3.58. The zero-order valence-corrected chi connectivity index (χ0v) is 17.2. The van der Waals surface area contributed by atoms with Crippen molar-refractivity contribution in [2.75, 3.05) is 13.2 Å². The molecule has 1 aliphatic rings. The summed E-state index contributed by atoms with van der Waals surface area (Å²) < 4.78 is 5.41. The number of rotatable bonds is 12. The molecular weight excluding hydrogens is 362 g/mol. The number of amides is 2. The van der Waals surface area contributed by atoms with Crippen molar-refractivity contribution in [2.45, 2.75) is 65.2 Å². The Balaban J connectivity index is 1.86. The number of nitrogens with zero attached hydrogens (tertiary/aromatic N) is 1. The summed E-state index contributed by atoms with van der Waals surface area (Å²) in [5.41, 5.74) is 0.949. The van der Waals surface area contributed by atoms with E-state index in [1.165, 1.54) is 37.0 Å². The van der Waals surface area contributed by atoms with E-state index < -0.39 is 0 Å². The van der Waals surface area contributed by atoms with Gasteiger partial charge in [-0.2, -0.15) is 0 Å². The fraction of sp³-hybridized carbons (Fsp3) is 0.545. The lowest BCUT2D eigenvalue weighted by Crippen LogP contribution is -2.32. The van der Waals surface area contributed by atoms with Gasteiger partial charge in [0.1, 0.15) is 10.8 Å². The molecule has 0 unspecified atom stereocenters. The number of imide groups is 1. The van der Waals surface area contributed by atoms with Crippen molar-refractivity contribution in [2.24, 2.45) is 0 Å². The molecule has 0 atom stereocenters. The van der Waals surface area contributed by atoms with Gasteiger partial charge in [-0.3, -0.25) is 14.5 Å². The summed E-state index contributed by atoms with van der Waals surface area (Å²) in [7, 11) is 0. The molecule has 0 N–H and O–H groups in total. The molecule has 0 aliphatic carbocycles. The summed E-state index contributed by atoms with van der Waals surface area (Å²) in [4.78, 5) is 26.4. The van der Waals surface area contributed by atoms with Gasteiger partial charge in [-0.05, 0) is 31.0 Å². The molecular formula is C22H30ClNO3. The van der Waals surface area contributed by atoms with Gasteiger partial charge >= 0.3 is 0 Å². The smallest absolute Gasteiger partial charge is 0.273 e. The van der Waals surface area contributed by atoms with Gasteiger partial charge in [0.05, 0.1) is 12.2 Å². The number of carbonyl (C=O) groups is 2. The molecule has 1 heterocycles. The molecule has 148 valence electrons. The number of halogens is 1. The van der Waals surface area contributed by atoms with E-state index >= 15 is 0 Å². The third-order valence-electron chi connectivity index (χ3n) is 4.80. The van der Waals surface area contributed by atoms with Gasteiger partial charge in [-0.1, -0.05) is 75.6 Å². The lowest BCUT2D eigenvalue weighted by atomic mass is 10.1. The van der Waals surface area contributed by atoms with Crippen LogP contribution < -0.4 is 4.74 Å². The van der Waals surface area contributed by atoms with E-state index in [1.54, 1.807) is 24.3 Å². The largest absolute Gasteiger partial charge is 0.494 e. The van der Waals surface area contributed by atoms with Crippen LogP contribution in [-0.2, 0) is 9.59 Å². The molecule has 0 radical (unpaired) electrons. The van der Waals surface area contributed by atoms with E-state index in [1.807, 2.05) is 6.92 Å². The lowest BCUT2D eigenvalue weighted by Gasteiger charge is -2.14. The standard InChI is InChI=1S/C22H30ClNO3/c1-3-5-6-7-8-9-10-11-16-24-21(25)19(20(23)22(24)26)17-12-14-18(15-13-17)27-4-2/h12-15H,3-11,16H2,1-2H3. The maximum Gasteiger partial charge on any atom is 0.273 e. The van der Waals surface area contributed by atoms with Gasteiger partial charge in [-0.15, -0.1) is 0 Å². The molecule has 0 fully saturated rings. The van der Waals surface area contributed by atoms with Crippen LogP contribution in [0.4, 0.5) is 0 Å². The van der Waals surface area contributed by atoms with E-state index in [0.29, 0.717) is 24.3 Å². The van der Waals surface area contributed by atoms with Crippen molar-refractivity contribution in [1.29, 1.82) is 0 Å². The Morgan fingerprint density at radius 2 is 1.44 bits per heavy atom. The topological polar surface area (TPSA) is 46.6 Å². The van der Waals surface area contributed by atoms with Gasteiger partial charge < -0.3 is 4.74 Å². The molecule has 0 spiro atoms. The van der Waals surface area contributed by atoms with Crippen LogP contribution >= 0.6 is 11.6 Å². The van der Waals surface area contributed by atoms with Crippen molar-refractivity contribution in [3.8, 4) is 5.75 Å².